The molecular weight excluding hydrogens is 314 g/mol. The maximum Gasteiger partial charge on any atom is 0.265 e. The van der Waals surface area contributed by atoms with E-state index in [2.05, 4.69) is 15.7 Å². The van der Waals surface area contributed by atoms with Crippen molar-refractivity contribution in [2.45, 2.75) is 43.8 Å². The lowest BCUT2D eigenvalue weighted by Crippen LogP contribution is -2.48. The lowest BCUT2D eigenvalue weighted by Gasteiger charge is -2.35. The molecule has 2 unspecified atom stereocenters. The Kier molecular flexibility index (Phi) is 3.76. The van der Waals surface area contributed by atoms with Crippen molar-refractivity contribution in [2.75, 3.05) is 7.05 Å². The van der Waals surface area contributed by atoms with E-state index in [1.165, 1.54) is 24.2 Å². The summed E-state index contributed by atoms with van der Waals surface area (Å²) in [5.41, 5.74) is 1.11. The molecular formula is C16H19N3OS2. The maximum absolute atomic E-state index is 12.7. The van der Waals surface area contributed by atoms with Gasteiger partial charge in [-0.2, -0.15) is 11.3 Å². The number of rotatable bonds is 3. The fraction of sp³-hybridized carbons (Fsp3) is 0.500. The van der Waals surface area contributed by atoms with Gasteiger partial charge in [-0.15, -0.1) is 11.3 Å². The van der Waals surface area contributed by atoms with E-state index in [0.717, 1.165) is 28.3 Å². The Labute approximate surface area is 138 Å². The zero-order valence-electron chi connectivity index (χ0n) is 12.5. The minimum Gasteiger partial charge on any atom is -0.338 e. The first-order valence-corrected chi connectivity index (χ1v) is 9.48. The molecule has 2 aromatic rings. The predicted octanol–water partition coefficient (Wildman–Crippen LogP) is 3.23. The second kappa shape index (κ2) is 5.76. The third-order valence-corrected chi connectivity index (χ3v) is 6.52. The zero-order valence-corrected chi connectivity index (χ0v) is 14.1. The summed E-state index contributed by atoms with van der Waals surface area (Å²) in [5.74, 6) is 0.116. The molecule has 0 spiro atoms. The molecule has 22 heavy (non-hydrogen) atoms. The third kappa shape index (κ3) is 2.59. The van der Waals surface area contributed by atoms with Crippen molar-refractivity contribution in [1.82, 2.24) is 15.2 Å². The number of aromatic nitrogens is 1. The van der Waals surface area contributed by atoms with Crippen LogP contribution in [-0.2, 0) is 0 Å². The largest absolute Gasteiger partial charge is 0.338 e. The van der Waals surface area contributed by atoms with Gasteiger partial charge in [0.1, 0.15) is 9.88 Å². The number of thiophene rings is 1. The summed E-state index contributed by atoms with van der Waals surface area (Å²) in [7, 11) is 1.95. The zero-order chi connectivity index (χ0) is 15.1. The first-order chi connectivity index (χ1) is 10.7. The second-order valence-corrected chi connectivity index (χ2v) is 8.03. The minimum atomic E-state index is 0.116. The summed E-state index contributed by atoms with van der Waals surface area (Å²) in [4.78, 5) is 19.8. The predicted molar refractivity (Wildman–Crippen MR) is 90.5 cm³/mol. The quantitative estimate of drug-likeness (QED) is 0.938. The Morgan fingerprint density at radius 2 is 2.14 bits per heavy atom. The summed E-state index contributed by atoms with van der Waals surface area (Å²) < 4.78 is 0. The summed E-state index contributed by atoms with van der Waals surface area (Å²) >= 11 is 3.15. The smallest absolute Gasteiger partial charge is 0.265 e. The van der Waals surface area contributed by atoms with Crippen LogP contribution in [0, 0.1) is 0 Å². The van der Waals surface area contributed by atoms with E-state index < -0.39 is 0 Å². The Bertz CT molecular complexity index is 655. The van der Waals surface area contributed by atoms with Crippen LogP contribution in [0.1, 0.15) is 35.4 Å². The number of carbonyl (C=O) groups is 1. The van der Waals surface area contributed by atoms with Gasteiger partial charge in [0.25, 0.3) is 5.91 Å². The van der Waals surface area contributed by atoms with Gasteiger partial charge in [0.05, 0.1) is 6.20 Å². The molecule has 2 saturated heterocycles. The number of carbonyl (C=O) groups excluding carboxylic acids is 1. The van der Waals surface area contributed by atoms with Crippen molar-refractivity contribution in [3.8, 4) is 10.6 Å². The molecule has 1 amide bonds. The fourth-order valence-corrected chi connectivity index (χ4v) is 5.19. The van der Waals surface area contributed by atoms with Gasteiger partial charge >= 0.3 is 0 Å². The summed E-state index contributed by atoms with van der Waals surface area (Å²) in [5, 5.41) is 8.67. The molecule has 6 heteroatoms. The Hall–Kier alpha value is -1.24. The van der Waals surface area contributed by atoms with Crippen LogP contribution < -0.4 is 5.32 Å². The highest BCUT2D eigenvalue weighted by Crippen LogP contribution is 2.31. The monoisotopic (exact) mass is 333 g/mol. The number of thiazole rings is 1. The lowest BCUT2D eigenvalue weighted by molar-refractivity contribution is 0.0686. The van der Waals surface area contributed by atoms with Gasteiger partial charge in [-0.3, -0.25) is 4.79 Å². The molecule has 0 radical (unpaired) electrons. The first-order valence-electron chi connectivity index (χ1n) is 7.72. The number of nitrogens with one attached hydrogen (secondary N) is 1. The van der Waals surface area contributed by atoms with Gasteiger partial charge < -0.3 is 10.2 Å². The highest BCUT2D eigenvalue weighted by atomic mass is 32.1. The maximum atomic E-state index is 12.7. The molecule has 2 bridgehead atoms. The molecule has 0 aliphatic carbocycles. The van der Waals surface area contributed by atoms with Gasteiger partial charge in [-0.1, -0.05) is 0 Å². The van der Waals surface area contributed by atoms with Gasteiger partial charge in [-0.25, -0.2) is 4.98 Å². The fourth-order valence-electron chi connectivity index (χ4n) is 3.58. The van der Waals surface area contributed by atoms with Gasteiger partial charge in [0.2, 0.25) is 0 Å². The SMILES string of the molecule is CN(C(=O)c1cnc(-c2ccsc2)s1)C1CC2CCC(C1)N2. The van der Waals surface area contributed by atoms with Crippen molar-refractivity contribution in [1.29, 1.82) is 0 Å². The van der Waals surface area contributed by atoms with E-state index >= 15 is 0 Å². The van der Waals surface area contributed by atoms with Crippen molar-refractivity contribution < 1.29 is 4.79 Å². The number of piperidine rings is 1. The standard InChI is InChI=1S/C16H19N3OS2/c1-19(13-6-11-2-3-12(7-13)18-11)16(20)14-8-17-15(22-14)10-4-5-21-9-10/h4-5,8-9,11-13,18H,2-3,6-7H2,1H3. The molecule has 2 fully saturated rings. The molecule has 1 N–H and O–H groups in total. The lowest BCUT2D eigenvalue weighted by atomic mass is 9.98. The van der Waals surface area contributed by atoms with Crippen molar-refractivity contribution in [3.05, 3.63) is 27.9 Å². The highest BCUT2D eigenvalue weighted by Gasteiger charge is 2.36. The topological polar surface area (TPSA) is 45.2 Å². The van der Waals surface area contributed by atoms with Crippen LogP contribution >= 0.6 is 22.7 Å². The molecule has 2 aliphatic rings. The van der Waals surface area contributed by atoms with Crippen LogP contribution in [0.25, 0.3) is 10.6 Å². The molecule has 2 aromatic heterocycles. The van der Waals surface area contributed by atoms with Gasteiger partial charge in [0.15, 0.2) is 0 Å². The van der Waals surface area contributed by atoms with Gasteiger partial charge in [-0.05, 0) is 37.1 Å². The van der Waals surface area contributed by atoms with E-state index in [0.29, 0.717) is 18.1 Å². The van der Waals surface area contributed by atoms with E-state index in [1.807, 2.05) is 23.4 Å². The molecule has 4 nitrogen and oxygen atoms in total. The van der Waals surface area contributed by atoms with Crippen LogP contribution in [0.4, 0.5) is 0 Å². The number of hydrogen-bond acceptors (Lipinski definition) is 5. The first kappa shape index (κ1) is 14.4. The summed E-state index contributed by atoms with van der Waals surface area (Å²) in [6.07, 6.45) is 6.40. The Balaban J connectivity index is 1.49. The van der Waals surface area contributed by atoms with Gasteiger partial charge in [0, 0.05) is 36.1 Å². The van der Waals surface area contributed by atoms with E-state index in [9.17, 15) is 4.79 Å². The molecule has 4 rings (SSSR count). The van der Waals surface area contributed by atoms with E-state index in [-0.39, 0.29) is 5.91 Å². The van der Waals surface area contributed by atoms with Crippen molar-refractivity contribution >= 4 is 28.6 Å². The average molecular weight is 333 g/mol. The Morgan fingerprint density at radius 1 is 1.36 bits per heavy atom. The van der Waals surface area contributed by atoms with Crippen LogP contribution in [0.3, 0.4) is 0 Å². The molecule has 2 aliphatic heterocycles. The second-order valence-electron chi connectivity index (χ2n) is 6.22. The highest BCUT2D eigenvalue weighted by molar-refractivity contribution is 7.17. The van der Waals surface area contributed by atoms with Crippen LogP contribution in [0.15, 0.2) is 23.0 Å². The van der Waals surface area contributed by atoms with Crippen molar-refractivity contribution in [3.63, 3.8) is 0 Å². The molecule has 4 heterocycles. The molecule has 116 valence electrons. The van der Waals surface area contributed by atoms with Crippen LogP contribution in [0.5, 0.6) is 0 Å². The number of hydrogen-bond donors (Lipinski definition) is 1. The number of amides is 1. The minimum absolute atomic E-state index is 0.116. The van der Waals surface area contributed by atoms with Crippen LogP contribution in [0.2, 0.25) is 0 Å². The van der Waals surface area contributed by atoms with E-state index in [4.69, 9.17) is 0 Å². The molecule has 0 saturated carbocycles. The Morgan fingerprint density at radius 3 is 2.82 bits per heavy atom. The number of nitrogens with zero attached hydrogens (tertiary/aromatic N) is 2. The number of fused-ring (bicyclic) bond motifs is 2. The van der Waals surface area contributed by atoms with E-state index in [1.54, 1.807) is 17.5 Å². The average Bonchev–Trinajstić information content (AvgIpc) is 3.25. The summed E-state index contributed by atoms with van der Waals surface area (Å²) in [6.45, 7) is 0. The normalized spacial score (nSPS) is 27.0. The molecule has 2 atom stereocenters. The molecule has 0 aromatic carbocycles. The summed E-state index contributed by atoms with van der Waals surface area (Å²) in [6, 6.07) is 3.60. The third-order valence-electron chi connectivity index (χ3n) is 4.80. The van der Waals surface area contributed by atoms with Crippen LogP contribution in [-0.4, -0.2) is 41.0 Å². The van der Waals surface area contributed by atoms with Crippen molar-refractivity contribution in [2.24, 2.45) is 0 Å².